The molecule has 0 aliphatic heterocycles. The van der Waals surface area contributed by atoms with E-state index in [1.807, 2.05) is 6.07 Å². The van der Waals surface area contributed by atoms with Gasteiger partial charge in [0.1, 0.15) is 5.65 Å². The van der Waals surface area contributed by atoms with Crippen molar-refractivity contribution in [3.05, 3.63) is 35.2 Å². The van der Waals surface area contributed by atoms with Crippen molar-refractivity contribution in [2.75, 3.05) is 6.61 Å². The summed E-state index contributed by atoms with van der Waals surface area (Å²) < 4.78 is 1.64. The summed E-state index contributed by atoms with van der Waals surface area (Å²) in [6, 6.07) is 5.10. The Hall–Kier alpha value is -1.59. The van der Waals surface area contributed by atoms with Gasteiger partial charge in [-0.15, -0.1) is 0 Å². The van der Waals surface area contributed by atoms with Crippen LogP contribution >= 0.6 is 11.6 Å². The maximum absolute atomic E-state index is 12.4. The number of hydrogen-bond donors (Lipinski definition) is 2. The molecule has 0 spiro atoms. The minimum Gasteiger partial charge on any atom is -0.394 e. The molecule has 114 valence electrons. The van der Waals surface area contributed by atoms with Gasteiger partial charge in [-0.05, 0) is 24.0 Å². The Morgan fingerprint density at radius 1 is 1.48 bits per heavy atom. The van der Waals surface area contributed by atoms with Crippen LogP contribution in [0.1, 0.15) is 37.7 Å². The number of carbonyl (C=O) groups is 1. The molecule has 0 aromatic carbocycles. The highest BCUT2D eigenvalue weighted by Gasteiger charge is 2.23. The number of aliphatic hydroxyl groups excluding tert-OH is 1. The maximum Gasteiger partial charge on any atom is 0.271 e. The Morgan fingerprint density at radius 2 is 2.19 bits per heavy atom. The van der Waals surface area contributed by atoms with Crippen LogP contribution in [-0.4, -0.2) is 33.0 Å². The number of hydrogen-bond acceptors (Lipinski definition) is 3. The van der Waals surface area contributed by atoms with Gasteiger partial charge in [0, 0.05) is 6.20 Å². The Labute approximate surface area is 128 Å². The van der Waals surface area contributed by atoms with E-state index in [1.165, 1.54) is 0 Å². The molecule has 1 unspecified atom stereocenters. The molecule has 0 fully saturated rings. The second-order valence-corrected chi connectivity index (χ2v) is 6.66. The summed E-state index contributed by atoms with van der Waals surface area (Å²) in [5, 5.41) is 12.4. The third-order valence-electron chi connectivity index (χ3n) is 3.12. The van der Waals surface area contributed by atoms with Gasteiger partial charge < -0.3 is 10.4 Å². The van der Waals surface area contributed by atoms with Crippen molar-refractivity contribution in [2.45, 2.75) is 33.2 Å². The standard InChI is InChI=1S/C15H20ClN3O2/c1-15(2,3)8-10(9-20)17-14(21)12-13(16)18-11-6-4-5-7-19(11)12/h4-7,10,20H,8-9H2,1-3H3,(H,17,21). The average molecular weight is 310 g/mol. The van der Waals surface area contributed by atoms with Gasteiger partial charge in [0.05, 0.1) is 12.6 Å². The lowest BCUT2D eigenvalue weighted by Crippen LogP contribution is -2.40. The molecule has 21 heavy (non-hydrogen) atoms. The van der Waals surface area contributed by atoms with Crippen molar-refractivity contribution in [2.24, 2.45) is 5.41 Å². The maximum atomic E-state index is 12.4. The highest BCUT2D eigenvalue weighted by Crippen LogP contribution is 2.22. The van der Waals surface area contributed by atoms with Crippen molar-refractivity contribution >= 4 is 23.2 Å². The topological polar surface area (TPSA) is 66.6 Å². The van der Waals surface area contributed by atoms with E-state index >= 15 is 0 Å². The molecule has 2 N–H and O–H groups in total. The molecule has 0 radical (unpaired) electrons. The lowest BCUT2D eigenvalue weighted by Gasteiger charge is -2.25. The zero-order valence-electron chi connectivity index (χ0n) is 12.4. The largest absolute Gasteiger partial charge is 0.394 e. The van der Waals surface area contributed by atoms with Crippen molar-refractivity contribution in [3.63, 3.8) is 0 Å². The zero-order chi connectivity index (χ0) is 15.6. The van der Waals surface area contributed by atoms with Gasteiger partial charge in [-0.3, -0.25) is 9.20 Å². The Balaban J connectivity index is 2.24. The molecule has 0 aliphatic carbocycles. The summed E-state index contributed by atoms with van der Waals surface area (Å²) in [6.45, 7) is 6.06. The highest BCUT2D eigenvalue weighted by molar-refractivity contribution is 6.32. The normalized spacial score (nSPS) is 13.4. The lowest BCUT2D eigenvalue weighted by molar-refractivity contribution is 0.0892. The van der Waals surface area contributed by atoms with Crippen LogP contribution in [0.25, 0.3) is 5.65 Å². The first-order valence-corrected chi connectivity index (χ1v) is 7.24. The van der Waals surface area contributed by atoms with Crippen molar-refractivity contribution in [3.8, 4) is 0 Å². The van der Waals surface area contributed by atoms with E-state index in [-0.39, 0.29) is 29.1 Å². The van der Waals surface area contributed by atoms with Crippen LogP contribution < -0.4 is 5.32 Å². The molecule has 0 saturated heterocycles. The molecule has 1 amide bonds. The molecular weight excluding hydrogens is 290 g/mol. The van der Waals surface area contributed by atoms with Crippen molar-refractivity contribution < 1.29 is 9.90 Å². The van der Waals surface area contributed by atoms with Crippen LogP contribution in [0, 0.1) is 5.41 Å². The highest BCUT2D eigenvalue weighted by atomic mass is 35.5. The molecule has 2 rings (SSSR count). The van der Waals surface area contributed by atoms with Crippen LogP contribution in [0.2, 0.25) is 5.15 Å². The monoisotopic (exact) mass is 309 g/mol. The number of halogens is 1. The number of amides is 1. The smallest absolute Gasteiger partial charge is 0.271 e. The molecule has 1 atom stereocenters. The predicted octanol–water partition coefficient (Wildman–Crippen LogP) is 2.51. The summed E-state index contributed by atoms with van der Waals surface area (Å²) in [7, 11) is 0. The van der Waals surface area contributed by atoms with Crippen LogP contribution in [0.4, 0.5) is 0 Å². The van der Waals surface area contributed by atoms with E-state index in [1.54, 1.807) is 22.7 Å². The third kappa shape index (κ3) is 3.74. The van der Waals surface area contributed by atoms with E-state index in [0.29, 0.717) is 17.8 Å². The summed E-state index contributed by atoms with van der Waals surface area (Å²) in [6.07, 6.45) is 2.41. The Bertz CT molecular complexity index is 646. The van der Waals surface area contributed by atoms with Crippen LogP contribution in [0.3, 0.4) is 0 Å². The van der Waals surface area contributed by atoms with Gasteiger partial charge >= 0.3 is 0 Å². The Morgan fingerprint density at radius 3 is 2.81 bits per heavy atom. The number of fused-ring (bicyclic) bond motifs is 1. The molecule has 2 aromatic rings. The number of aromatic nitrogens is 2. The number of rotatable bonds is 4. The van der Waals surface area contributed by atoms with Gasteiger partial charge in [0.15, 0.2) is 10.8 Å². The molecule has 2 heterocycles. The van der Waals surface area contributed by atoms with Crippen molar-refractivity contribution in [1.29, 1.82) is 0 Å². The fourth-order valence-electron chi connectivity index (χ4n) is 2.32. The second kappa shape index (κ2) is 6.03. The molecule has 0 bridgehead atoms. The summed E-state index contributed by atoms with van der Waals surface area (Å²) >= 11 is 6.07. The first-order valence-electron chi connectivity index (χ1n) is 6.86. The minimum atomic E-state index is -0.331. The zero-order valence-corrected chi connectivity index (χ0v) is 13.2. The van der Waals surface area contributed by atoms with Crippen LogP contribution in [0.5, 0.6) is 0 Å². The van der Waals surface area contributed by atoms with Gasteiger partial charge in [0.25, 0.3) is 5.91 Å². The number of nitrogens with one attached hydrogen (secondary N) is 1. The predicted molar refractivity (Wildman–Crippen MR) is 82.6 cm³/mol. The first-order chi connectivity index (χ1) is 9.81. The van der Waals surface area contributed by atoms with Gasteiger partial charge in [0.2, 0.25) is 0 Å². The minimum absolute atomic E-state index is 0.00392. The van der Waals surface area contributed by atoms with Crippen LogP contribution in [-0.2, 0) is 0 Å². The lowest BCUT2D eigenvalue weighted by atomic mass is 9.88. The summed E-state index contributed by atoms with van der Waals surface area (Å²) in [5.74, 6) is -0.331. The van der Waals surface area contributed by atoms with E-state index < -0.39 is 0 Å². The first kappa shape index (κ1) is 15.8. The molecule has 6 heteroatoms. The van der Waals surface area contributed by atoms with Crippen molar-refractivity contribution in [1.82, 2.24) is 14.7 Å². The third-order valence-corrected chi connectivity index (χ3v) is 3.38. The summed E-state index contributed by atoms with van der Waals surface area (Å²) in [4.78, 5) is 16.6. The van der Waals surface area contributed by atoms with E-state index in [9.17, 15) is 9.90 Å². The molecule has 0 saturated carbocycles. The van der Waals surface area contributed by atoms with E-state index in [4.69, 9.17) is 11.6 Å². The van der Waals surface area contributed by atoms with E-state index in [2.05, 4.69) is 31.1 Å². The fourth-order valence-corrected chi connectivity index (χ4v) is 2.59. The molecule has 0 aliphatic rings. The Kier molecular flexibility index (Phi) is 4.54. The van der Waals surface area contributed by atoms with Gasteiger partial charge in [-0.25, -0.2) is 4.98 Å². The number of nitrogens with zero attached hydrogens (tertiary/aromatic N) is 2. The quantitative estimate of drug-likeness (QED) is 0.912. The van der Waals surface area contributed by atoms with E-state index in [0.717, 1.165) is 0 Å². The molecular formula is C15H20ClN3O2. The number of pyridine rings is 1. The van der Waals surface area contributed by atoms with Gasteiger partial charge in [-0.2, -0.15) is 0 Å². The SMILES string of the molecule is CC(C)(C)CC(CO)NC(=O)c1c(Cl)nc2ccccn12. The molecule has 2 aromatic heterocycles. The number of imidazole rings is 1. The second-order valence-electron chi connectivity index (χ2n) is 6.30. The van der Waals surface area contributed by atoms with Gasteiger partial charge in [-0.1, -0.05) is 38.4 Å². The molecule has 5 nitrogen and oxygen atoms in total. The summed E-state index contributed by atoms with van der Waals surface area (Å²) in [5.41, 5.74) is 0.910. The fraction of sp³-hybridized carbons (Fsp3) is 0.467. The average Bonchev–Trinajstić information content (AvgIpc) is 2.72. The number of aliphatic hydroxyl groups is 1. The van der Waals surface area contributed by atoms with Crippen LogP contribution in [0.15, 0.2) is 24.4 Å². The number of carbonyl (C=O) groups excluding carboxylic acids is 1.